The molecule has 0 unspecified atom stereocenters. The fourth-order valence-electron chi connectivity index (χ4n) is 3.37. The minimum atomic E-state index is -4.44. The number of carbonyl (C=O) groups excluding carboxylic acids is 1. The zero-order chi connectivity index (χ0) is 20.1. The number of rotatable bonds is 5. The summed E-state index contributed by atoms with van der Waals surface area (Å²) in [5, 5.41) is 2.76. The van der Waals surface area contributed by atoms with Crippen LogP contribution in [0.3, 0.4) is 0 Å². The van der Waals surface area contributed by atoms with E-state index in [1.807, 2.05) is 24.3 Å². The summed E-state index contributed by atoms with van der Waals surface area (Å²) in [6.45, 7) is 2.35. The molecule has 28 heavy (non-hydrogen) atoms. The summed E-state index contributed by atoms with van der Waals surface area (Å²) in [4.78, 5) is 15.9. The summed E-state index contributed by atoms with van der Waals surface area (Å²) in [5.74, 6) is 0. The second-order valence-corrected chi connectivity index (χ2v) is 7.03. The van der Waals surface area contributed by atoms with Crippen molar-refractivity contribution in [3.8, 4) is 0 Å². The Labute approximate surface area is 162 Å². The Balaban J connectivity index is 1.55. The lowest BCUT2D eigenvalue weighted by Gasteiger charge is -2.21. The van der Waals surface area contributed by atoms with Gasteiger partial charge in [0.1, 0.15) is 0 Å². The van der Waals surface area contributed by atoms with Gasteiger partial charge in [0.05, 0.1) is 5.56 Å². The van der Waals surface area contributed by atoms with Crippen molar-refractivity contribution in [1.82, 2.24) is 10.2 Å². The second-order valence-electron chi connectivity index (χ2n) is 7.03. The maximum Gasteiger partial charge on any atom is 0.416 e. The van der Waals surface area contributed by atoms with Crippen molar-refractivity contribution in [1.29, 1.82) is 0 Å². The molecule has 1 N–H and O–H groups in total. The van der Waals surface area contributed by atoms with Crippen LogP contribution in [0.15, 0.2) is 48.5 Å². The molecule has 2 aromatic carbocycles. The highest BCUT2D eigenvalue weighted by molar-refractivity contribution is 5.74. The number of hydrogen-bond acceptors (Lipinski definition) is 2. The molecule has 0 aliphatic carbocycles. The Morgan fingerprint density at radius 1 is 1.07 bits per heavy atom. The summed E-state index contributed by atoms with van der Waals surface area (Å²) in [6, 6.07) is 12.9. The Morgan fingerprint density at radius 3 is 2.36 bits per heavy atom. The van der Waals surface area contributed by atoms with Gasteiger partial charge in [-0.15, -0.1) is 0 Å². The van der Waals surface area contributed by atoms with Gasteiger partial charge in [0.2, 0.25) is 0 Å². The van der Waals surface area contributed by atoms with Gasteiger partial charge in [0, 0.05) is 38.9 Å². The number of halogens is 3. The maximum absolute atomic E-state index is 13.1. The van der Waals surface area contributed by atoms with Gasteiger partial charge in [-0.25, -0.2) is 4.79 Å². The molecule has 150 valence electrons. The van der Waals surface area contributed by atoms with Gasteiger partial charge in [-0.2, -0.15) is 13.2 Å². The number of alkyl halides is 3. The molecule has 7 heteroatoms. The number of nitrogens with zero attached hydrogens (tertiary/aromatic N) is 2. The van der Waals surface area contributed by atoms with Crippen LogP contribution >= 0.6 is 0 Å². The van der Waals surface area contributed by atoms with Crippen LogP contribution in [0.2, 0.25) is 0 Å². The highest BCUT2D eigenvalue weighted by atomic mass is 19.4. The highest BCUT2D eigenvalue weighted by Gasteiger charge is 2.33. The third-order valence-electron chi connectivity index (χ3n) is 4.93. The predicted molar refractivity (Wildman–Crippen MR) is 103 cm³/mol. The number of carbonyl (C=O) groups is 1. The molecule has 0 atom stereocenters. The summed E-state index contributed by atoms with van der Waals surface area (Å²) in [5.41, 5.74) is 1.48. The predicted octanol–water partition coefficient (Wildman–Crippen LogP) is 4.65. The largest absolute Gasteiger partial charge is 0.416 e. The molecule has 1 fully saturated rings. The molecule has 1 saturated heterocycles. The van der Waals surface area contributed by atoms with Gasteiger partial charge in [0.15, 0.2) is 0 Å². The lowest BCUT2D eigenvalue weighted by molar-refractivity contribution is -0.138. The Bertz CT molecular complexity index is 799. The van der Waals surface area contributed by atoms with E-state index in [0.717, 1.165) is 24.7 Å². The van der Waals surface area contributed by atoms with Crippen LogP contribution in [0.4, 0.5) is 23.7 Å². The van der Waals surface area contributed by atoms with E-state index < -0.39 is 17.8 Å². The van der Waals surface area contributed by atoms with Gasteiger partial charge in [-0.3, -0.25) is 0 Å². The average molecular weight is 391 g/mol. The van der Waals surface area contributed by atoms with E-state index in [4.69, 9.17) is 0 Å². The van der Waals surface area contributed by atoms with E-state index in [9.17, 15) is 18.0 Å². The Hall–Kier alpha value is -2.70. The van der Waals surface area contributed by atoms with Crippen molar-refractivity contribution in [3.05, 3.63) is 65.2 Å². The third kappa shape index (κ3) is 4.97. The molecular weight excluding hydrogens is 367 g/mol. The van der Waals surface area contributed by atoms with Crippen molar-refractivity contribution < 1.29 is 18.0 Å². The number of urea groups is 1. The quantitative estimate of drug-likeness (QED) is 0.806. The zero-order valence-electron chi connectivity index (χ0n) is 15.8. The first-order chi connectivity index (χ1) is 13.3. The lowest BCUT2D eigenvalue weighted by atomic mass is 10.1. The fourth-order valence-corrected chi connectivity index (χ4v) is 3.37. The van der Waals surface area contributed by atoms with Crippen LogP contribution in [-0.4, -0.2) is 31.1 Å². The van der Waals surface area contributed by atoms with Crippen LogP contribution in [0, 0.1) is 0 Å². The zero-order valence-corrected chi connectivity index (χ0v) is 15.8. The smallest absolute Gasteiger partial charge is 0.372 e. The van der Waals surface area contributed by atoms with Crippen molar-refractivity contribution >= 4 is 11.7 Å². The fraction of sp³-hybridized carbons (Fsp3) is 0.381. The standard InChI is InChI=1S/C21H24F3N3O/c1-26(15-17-6-2-3-7-19(17)21(22,23)24)20(28)25-14-16-8-10-18(11-9-16)27-12-4-5-13-27/h2-3,6-11H,4-5,12-15H2,1H3,(H,25,28). The molecule has 1 aliphatic heterocycles. The molecule has 0 spiro atoms. The van der Waals surface area contributed by atoms with Crippen LogP contribution in [0.25, 0.3) is 0 Å². The molecule has 0 bridgehead atoms. The molecule has 0 radical (unpaired) electrons. The topological polar surface area (TPSA) is 35.6 Å². The van der Waals surface area contributed by atoms with Gasteiger partial charge >= 0.3 is 12.2 Å². The highest BCUT2D eigenvalue weighted by Crippen LogP contribution is 2.32. The summed E-state index contributed by atoms with van der Waals surface area (Å²) >= 11 is 0. The molecule has 2 amide bonds. The number of nitrogens with one attached hydrogen (secondary N) is 1. The second kappa shape index (κ2) is 8.54. The van der Waals surface area contributed by atoms with Crippen molar-refractivity contribution in [2.75, 3.05) is 25.0 Å². The van der Waals surface area contributed by atoms with Crippen molar-refractivity contribution in [3.63, 3.8) is 0 Å². The van der Waals surface area contributed by atoms with Crippen LogP contribution in [-0.2, 0) is 19.3 Å². The van der Waals surface area contributed by atoms with E-state index in [-0.39, 0.29) is 12.1 Å². The van der Waals surface area contributed by atoms with Crippen LogP contribution in [0.5, 0.6) is 0 Å². The van der Waals surface area contributed by atoms with E-state index in [1.165, 1.54) is 48.7 Å². The van der Waals surface area contributed by atoms with E-state index in [1.54, 1.807) is 0 Å². The van der Waals surface area contributed by atoms with Crippen molar-refractivity contribution in [2.24, 2.45) is 0 Å². The minimum absolute atomic E-state index is 0.0719. The molecule has 0 aromatic heterocycles. The summed E-state index contributed by atoms with van der Waals surface area (Å²) < 4.78 is 39.3. The Morgan fingerprint density at radius 2 is 1.71 bits per heavy atom. The average Bonchev–Trinajstić information content (AvgIpc) is 3.21. The normalized spacial score (nSPS) is 14.2. The van der Waals surface area contributed by atoms with Gasteiger partial charge in [0.25, 0.3) is 0 Å². The number of anilines is 1. The molecule has 2 aromatic rings. The lowest BCUT2D eigenvalue weighted by Crippen LogP contribution is -2.36. The van der Waals surface area contributed by atoms with Gasteiger partial charge in [-0.1, -0.05) is 30.3 Å². The third-order valence-corrected chi connectivity index (χ3v) is 4.93. The first-order valence-electron chi connectivity index (χ1n) is 9.32. The van der Waals surface area contributed by atoms with E-state index in [0.29, 0.717) is 6.54 Å². The van der Waals surface area contributed by atoms with E-state index in [2.05, 4.69) is 10.2 Å². The summed E-state index contributed by atoms with van der Waals surface area (Å²) in [7, 11) is 1.49. The van der Waals surface area contributed by atoms with Gasteiger partial charge < -0.3 is 15.1 Å². The molecular formula is C21H24F3N3O. The first kappa shape index (κ1) is 20.0. The first-order valence-corrected chi connectivity index (χ1v) is 9.32. The molecule has 3 rings (SSSR count). The molecule has 1 aliphatic rings. The van der Waals surface area contributed by atoms with Gasteiger partial charge in [-0.05, 0) is 42.2 Å². The molecule has 4 nitrogen and oxygen atoms in total. The van der Waals surface area contributed by atoms with Crippen LogP contribution < -0.4 is 10.2 Å². The Kier molecular flexibility index (Phi) is 6.11. The van der Waals surface area contributed by atoms with Crippen molar-refractivity contribution in [2.45, 2.75) is 32.1 Å². The maximum atomic E-state index is 13.1. The van der Waals surface area contributed by atoms with E-state index >= 15 is 0 Å². The molecule has 1 heterocycles. The number of amides is 2. The number of benzene rings is 2. The number of hydrogen-bond donors (Lipinski definition) is 1. The molecule has 0 saturated carbocycles. The minimum Gasteiger partial charge on any atom is -0.372 e. The SMILES string of the molecule is CN(Cc1ccccc1C(F)(F)F)C(=O)NCc1ccc(N2CCCC2)cc1. The van der Waals surface area contributed by atoms with Crippen LogP contribution in [0.1, 0.15) is 29.5 Å². The monoisotopic (exact) mass is 391 g/mol. The summed E-state index contributed by atoms with van der Waals surface area (Å²) in [6.07, 6.45) is -2.02.